The maximum Gasteiger partial charge on any atom is 0.113 e. The quantitative estimate of drug-likeness (QED) is 0.790. The van der Waals surface area contributed by atoms with Crippen molar-refractivity contribution in [2.75, 3.05) is 5.75 Å². The molecule has 0 aliphatic carbocycles. The van der Waals surface area contributed by atoms with E-state index in [2.05, 4.69) is 0 Å². The molecule has 0 amide bonds. The zero-order chi connectivity index (χ0) is 10.4. The van der Waals surface area contributed by atoms with Crippen molar-refractivity contribution in [1.29, 1.82) is 0 Å². The van der Waals surface area contributed by atoms with Gasteiger partial charge in [-0.1, -0.05) is 13.8 Å². The predicted octanol–water partition coefficient (Wildman–Crippen LogP) is 3.06. The Morgan fingerprint density at radius 1 is 1.43 bits per heavy atom. The van der Waals surface area contributed by atoms with Crippen LogP contribution in [-0.2, 0) is 5.75 Å². The molecule has 3 heteroatoms. The Morgan fingerprint density at radius 3 is 2.64 bits per heavy atom. The molecule has 0 saturated carbocycles. The Hall–Kier alpha value is -0.410. The molecule has 2 nitrogen and oxygen atoms in total. The molecule has 1 aromatic heterocycles. The Balaban J connectivity index is 2.27. The van der Waals surface area contributed by atoms with E-state index in [0.717, 1.165) is 30.1 Å². The Bertz CT molecular complexity index is 240. The van der Waals surface area contributed by atoms with Crippen LogP contribution in [0.2, 0.25) is 0 Å². The molecule has 1 rings (SSSR count). The molecule has 0 atom stereocenters. The molecule has 1 aromatic rings. The zero-order valence-corrected chi connectivity index (χ0v) is 9.64. The summed E-state index contributed by atoms with van der Waals surface area (Å²) in [6, 6.07) is 3.85. The van der Waals surface area contributed by atoms with Crippen molar-refractivity contribution < 1.29 is 9.52 Å². The number of hydrogen-bond acceptors (Lipinski definition) is 3. The third-order valence-electron chi connectivity index (χ3n) is 2.51. The predicted molar refractivity (Wildman–Crippen MR) is 60.4 cm³/mol. The van der Waals surface area contributed by atoms with Crippen LogP contribution in [0, 0.1) is 0 Å². The molecule has 1 N–H and O–H groups in total. The first kappa shape index (κ1) is 11.7. The number of aliphatic hydroxyl groups is 1. The summed E-state index contributed by atoms with van der Waals surface area (Å²) in [7, 11) is 0. The van der Waals surface area contributed by atoms with Crippen LogP contribution in [-0.4, -0.2) is 16.5 Å². The average molecular weight is 214 g/mol. The molecule has 0 aromatic carbocycles. The van der Waals surface area contributed by atoms with Crippen LogP contribution >= 0.6 is 11.8 Å². The van der Waals surface area contributed by atoms with Crippen LogP contribution < -0.4 is 0 Å². The number of thioether (sulfide) groups is 1. The molecule has 14 heavy (non-hydrogen) atoms. The molecular weight excluding hydrogens is 196 g/mol. The van der Waals surface area contributed by atoms with E-state index in [1.54, 1.807) is 18.0 Å². The number of furan rings is 1. The molecule has 80 valence electrons. The van der Waals surface area contributed by atoms with E-state index in [1.807, 2.05) is 26.0 Å². The van der Waals surface area contributed by atoms with Gasteiger partial charge in [0.15, 0.2) is 0 Å². The van der Waals surface area contributed by atoms with E-state index in [1.165, 1.54) is 0 Å². The molecule has 0 aliphatic heterocycles. The highest BCUT2D eigenvalue weighted by Gasteiger charge is 2.21. The van der Waals surface area contributed by atoms with Crippen molar-refractivity contribution >= 4 is 11.8 Å². The van der Waals surface area contributed by atoms with Crippen molar-refractivity contribution in [3.8, 4) is 0 Å². The van der Waals surface area contributed by atoms with Gasteiger partial charge in [0, 0.05) is 5.75 Å². The molecule has 0 spiro atoms. The summed E-state index contributed by atoms with van der Waals surface area (Å²) in [5, 5.41) is 10.0. The standard InChI is InChI=1S/C11H18O2S/c1-3-11(12,4-2)9-14-8-10-6-5-7-13-10/h5-7,12H,3-4,8-9H2,1-2H3. The summed E-state index contributed by atoms with van der Waals surface area (Å²) in [6.45, 7) is 4.05. The van der Waals surface area contributed by atoms with Gasteiger partial charge in [-0.25, -0.2) is 0 Å². The van der Waals surface area contributed by atoms with E-state index >= 15 is 0 Å². The van der Waals surface area contributed by atoms with Crippen LogP contribution in [0.15, 0.2) is 22.8 Å². The van der Waals surface area contributed by atoms with E-state index in [4.69, 9.17) is 4.42 Å². The summed E-state index contributed by atoms with van der Waals surface area (Å²) in [6.07, 6.45) is 3.31. The summed E-state index contributed by atoms with van der Waals surface area (Å²) < 4.78 is 5.21. The minimum absolute atomic E-state index is 0.503. The Labute approximate surface area is 89.7 Å². The monoisotopic (exact) mass is 214 g/mol. The van der Waals surface area contributed by atoms with Gasteiger partial charge in [-0.2, -0.15) is 11.8 Å². The SMILES string of the molecule is CCC(O)(CC)CSCc1ccco1. The van der Waals surface area contributed by atoms with Crippen LogP contribution in [0.5, 0.6) is 0 Å². The highest BCUT2D eigenvalue weighted by atomic mass is 32.2. The van der Waals surface area contributed by atoms with Gasteiger partial charge in [-0.3, -0.25) is 0 Å². The van der Waals surface area contributed by atoms with Gasteiger partial charge < -0.3 is 9.52 Å². The zero-order valence-electron chi connectivity index (χ0n) is 8.82. The number of hydrogen-bond donors (Lipinski definition) is 1. The van der Waals surface area contributed by atoms with E-state index in [9.17, 15) is 5.11 Å². The van der Waals surface area contributed by atoms with Crippen LogP contribution in [0.3, 0.4) is 0 Å². The molecule has 0 saturated heterocycles. The van der Waals surface area contributed by atoms with E-state index in [0.29, 0.717) is 0 Å². The fourth-order valence-corrected chi connectivity index (χ4v) is 2.45. The van der Waals surface area contributed by atoms with Crippen molar-refractivity contribution in [3.05, 3.63) is 24.2 Å². The van der Waals surface area contributed by atoms with Crippen LogP contribution in [0.25, 0.3) is 0 Å². The second kappa shape index (κ2) is 5.47. The van der Waals surface area contributed by atoms with Crippen LogP contribution in [0.1, 0.15) is 32.4 Å². The van der Waals surface area contributed by atoms with Crippen molar-refractivity contribution in [2.24, 2.45) is 0 Å². The molecule has 0 unspecified atom stereocenters. The average Bonchev–Trinajstić information content (AvgIpc) is 2.70. The third kappa shape index (κ3) is 3.39. The summed E-state index contributed by atoms with van der Waals surface area (Å²) in [5.41, 5.74) is -0.503. The topological polar surface area (TPSA) is 33.4 Å². The highest BCUT2D eigenvalue weighted by molar-refractivity contribution is 7.98. The lowest BCUT2D eigenvalue weighted by molar-refractivity contribution is 0.0571. The summed E-state index contributed by atoms with van der Waals surface area (Å²) in [5.74, 6) is 2.60. The van der Waals surface area contributed by atoms with Crippen molar-refractivity contribution in [2.45, 2.75) is 38.0 Å². The molecule has 0 bridgehead atoms. The Kier molecular flexibility index (Phi) is 4.55. The summed E-state index contributed by atoms with van der Waals surface area (Å²) in [4.78, 5) is 0. The fourth-order valence-electron chi connectivity index (χ4n) is 1.19. The van der Waals surface area contributed by atoms with Gasteiger partial charge in [0.25, 0.3) is 0 Å². The lowest BCUT2D eigenvalue weighted by Gasteiger charge is -2.24. The number of rotatable bonds is 6. The molecular formula is C11H18O2S. The first-order chi connectivity index (χ1) is 6.70. The largest absolute Gasteiger partial charge is 0.468 e. The van der Waals surface area contributed by atoms with Gasteiger partial charge in [-0.05, 0) is 25.0 Å². The van der Waals surface area contributed by atoms with Crippen LogP contribution in [0.4, 0.5) is 0 Å². The first-order valence-corrected chi connectivity index (χ1v) is 6.18. The minimum Gasteiger partial charge on any atom is -0.468 e. The molecule has 1 heterocycles. The highest BCUT2D eigenvalue weighted by Crippen LogP contribution is 2.23. The smallest absolute Gasteiger partial charge is 0.113 e. The minimum atomic E-state index is -0.503. The summed E-state index contributed by atoms with van der Waals surface area (Å²) >= 11 is 1.72. The van der Waals surface area contributed by atoms with Gasteiger partial charge in [0.05, 0.1) is 17.6 Å². The van der Waals surface area contributed by atoms with Gasteiger partial charge >= 0.3 is 0 Å². The Morgan fingerprint density at radius 2 is 2.14 bits per heavy atom. The van der Waals surface area contributed by atoms with Gasteiger partial charge in [-0.15, -0.1) is 0 Å². The first-order valence-electron chi connectivity index (χ1n) is 5.02. The van der Waals surface area contributed by atoms with Gasteiger partial charge in [0.2, 0.25) is 0 Å². The van der Waals surface area contributed by atoms with Crippen molar-refractivity contribution in [3.63, 3.8) is 0 Å². The van der Waals surface area contributed by atoms with E-state index in [-0.39, 0.29) is 0 Å². The molecule has 0 fully saturated rings. The third-order valence-corrected chi connectivity index (χ3v) is 3.74. The second-order valence-electron chi connectivity index (χ2n) is 3.50. The lowest BCUT2D eigenvalue weighted by atomic mass is 10.0. The maximum atomic E-state index is 10.0. The molecule has 0 aliphatic rings. The molecule has 0 radical (unpaired) electrons. The lowest BCUT2D eigenvalue weighted by Crippen LogP contribution is -2.29. The fraction of sp³-hybridized carbons (Fsp3) is 0.636. The second-order valence-corrected chi connectivity index (χ2v) is 4.49. The van der Waals surface area contributed by atoms with E-state index < -0.39 is 5.60 Å². The maximum absolute atomic E-state index is 10.0. The van der Waals surface area contributed by atoms with Crippen molar-refractivity contribution in [1.82, 2.24) is 0 Å². The van der Waals surface area contributed by atoms with Gasteiger partial charge in [0.1, 0.15) is 5.76 Å². The normalized spacial score (nSPS) is 11.9.